The Labute approximate surface area is 146 Å². The molecule has 3 rings (SSSR count). The third kappa shape index (κ3) is 3.90. The van der Waals surface area contributed by atoms with Gasteiger partial charge in [0.15, 0.2) is 0 Å². The predicted octanol–water partition coefficient (Wildman–Crippen LogP) is 3.23. The maximum Gasteiger partial charge on any atom is 0.227 e. The zero-order valence-corrected chi connectivity index (χ0v) is 14.8. The molecule has 0 saturated heterocycles. The molecule has 1 aliphatic rings. The summed E-state index contributed by atoms with van der Waals surface area (Å²) < 4.78 is 1.17. The smallest absolute Gasteiger partial charge is 0.227 e. The molecule has 7 heteroatoms. The lowest BCUT2D eigenvalue weighted by molar-refractivity contribution is -0.134. The van der Waals surface area contributed by atoms with Gasteiger partial charge in [-0.3, -0.25) is 4.79 Å². The lowest BCUT2D eigenvalue weighted by Gasteiger charge is -2.22. The summed E-state index contributed by atoms with van der Waals surface area (Å²) >= 11 is 1.65. The summed E-state index contributed by atoms with van der Waals surface area (Å²) in [4.78, 5) is 18.7. The first-order valence-corrected chi connectivity index (χ1v) is 7.82. The second-order valence-electron chi connectivity index (χ2n) is 5.47. The molecular formula is C15H21Cl2N3OS. The molecule has 0 radical (unpaired) electrons. The van der Waals surface area contributed by atoms with Crippen LogP contribution >= 0.6 is 36.2 Å². The first-order chi connectivity index (χ1) is 9.65. The van der Waals surface area contributed by atoms with Crippen LogP contribution in [0.5, 0.6) is 0 Å². The molecule has 1 aromatic carbocycles. The van der Waals surface area contributed by atoms with Crippen LogP contribution in [-0.4, -0.2) is 28.9 Å². The van der Waals surface area contributed by atoms with Gasteiger partial charge < -0.3 is 10.6 Å². The van der Waals surface area contributed by atoms with E-state index in [2.05, 4.69) is 11.1 Å². The first kappa shape index (κ1) is 19.2. The van der Waals surface area contributed by atoms with Gasteiger partial charge in [0.25, 0.3) is 0 Å². The lowest BCUT2D eigenvalue weighted by atomic mass is 10.0. The maximum atomic E-state index is 12.4. The van der Waals surface area contributed by atoms with Crippen LogP contribution in [0.15, 0.2) is 24.3 Å². The average molecular weight is 362 g/mol. The Bertz CT molecular complexity index is 601. The highest BCUT2D eigenvalue weighted by Gasteiger charge is 2.32. The molecule has 0 spiro atoms. The highest BCUT2D eigenvalue weighted by molar-refractivity contribution is 7.18. The van der Waals surface area contributed by atoms with Crippen LogP contribution in [-0.2, 0) is 11.3 Å². The number of carbonyl (C=O) groups is 1. The van der Waals surface area contributed by atoms with Gasteiger partial charge in [-0.1, -0.05) is 18.6 Å². The van der Waals surface area contributed by atoms with Crippen molar-refractivity contribution in [3.05, 3.63) is 29.3 Å². The number of fused-ring (bicyclic) bond motifs is 1. The molecule has 4 nitrogen and oxygen atoms in total. The van der Waals surface area contributed by atoms with Crippen LogP contribution in [0.3, 0.4) is 0 Å². The van der Waals surface area contributed by atoms with Crippen molar-refractivity contribution in [3.8, 4) is 0 Å². The summed E-state index contributed by atoms with van der Waals surface area (Å²) in [6, 6.07) is 8.09. The zero-order chi connectivity index (χ0) is 14.1. The normalized spacial score (nSPS) is 20.3. The number of benzene rings is 1. The summed E-state index contributed by atoms with van der Waals surface area (Å²) in [5, 5.41) is 0.980. The first-order valence-electron chi connectivity index (χ1n) is 7.00. The zero-order valence-electron chi connectivity index (χ0n) is 12.4. The van der Waals surface area contributed by atoms with E-state index in [-0.39, 0.29) is 42.7 Å². The van der Waals surface area contributed by atoms with Crippen LogP contribution in [0, 0.1) is 5.92 Å². The number of rotatable bonds is 3. The summed E-state index contributed by atoms with van der Waals surface area (Å²) in [5.74, 6) is 0.156. The fourth-order valence-electron chi connectivity index (χ4n) is 2.85. The number of amides is 1. The number of hydrogen-bond acceptors (Lipinski definition) is 4. The van der Waals surface area contributed by atoms with E-state index in [0.29, 0.717) is 6.54 Å². The van der Waals surface area contributed by atoms with Crippen molar-refractivity contribution >= 4 is 52.3 Å². The number of thiazole rings is 1. The molecule has 2 N–H and O–H groups in total. The molecule has 1 aromatic heterocycles. The lowest BCUT2D eigenvalue weighted by Crippen LogP contribution is -2.39. The van der Waals surface area contributed by atoms with Gasteiger partial charge >= 0.3 is 0 Å². The van der Waals surface area contributed by atoms with Crippen LogP contribution < -0.4 is 5.73 Å². The van der Waals surface area contributed by atoms with Crippen molar-refractivity contribution in [1.82, 2.24) is 9.88 Å². The molecule has 2 aromatic rings. The Balaban J connectivity index is 0.00000121. The summed E-state index contributed by atoms with van der Waals surface area (Å²) in [6.45, 7) is 0.571. The monoisotopic (exact) mass is 361 g/mol. The average Bonchev–Trinajstić information content (AvgIpc) is 3.03. The molecule has 122 valence electrons. The molecule has 22 heavy (non-hydrogen) atoms. The van der Waals surface area contributed by atoms with Crippen molar-refractivity contribution < 1.29 is 4.79 Å². The molecule has 1 fully saturated rings. The van der Waals surface area contributed by atoms with Crippen molar-refractivity contribution in [1.29, 1.82) is 0 Å². The predicted molar refractivity (Wildman–Crippen MR) is 95.9 cm³/mol. The maximum absolute atomic E-state index is 12.4. The minimum absolute atomic E-state index is 0. The second-order valence-corrected chi connectivity index (χ2v) is 6.59. The van der Waals surface area contributed by atoms with Crippen molar-refractivity contribution in [2.75, 3.05) is 7.05 Å². The number of carbonyl (C=O) groups excluding carboxylic acids is 1. The third-order valence-corrected chi connectivity index (χ3v) is 4.99. The number of para-hydroxylation sites is 1. The van der Waals surface area contributed by atoms with Crippen molar-refractivity contribution in [2.24, 2.45) is 11.7 Å². The minimum atomic E-state index is -0.00521. The van der Waals surface area contributed by atoms with Gasteiger partial charge in [-0.05, 0) is 25.0 Å². The Morgan fingerprint density at radius 2 is 2.09 bits per heavy atom. The minimum Gasteiger partial charge on any atom is -0.339 e. The molecule has 0 aliphatic heterocycles. The van der Waals surface area contributed by atoms with Crippen LogP contribution in [0.4, 0.5) is 0 Å². The SMILES string of the molecule is CN(Cc1nc2ccccc2s1)C(=O)C1CCCC1N.Cl.Cl. The number of hydrogen-bond donors (Lipinski definition) is 1. The van der Waals surface area contributed by atoms with Crippen LogP contribution in [0.1, 0.15) is 24.3 Å². The largest absolute Gasteiger partial charge is 0.339 e. The Morgan fingerprint density at radius 3 is 2.73 bits per heavy atom. The van der Waals surface area contributed by atoms with E-state index in [1.165, 1.54) is 4.70 Å². The van der Waals surface area contributed by atoms with Crippen LogP contribution in [0.25, 0.3) is 10.2 Å². The summed E-state index contributed by atoms with van der Waals surface area (Å²) in [5.41, 5.74) is 7.02. The van der Waals surface area contributed by atoms with E-state index >= 15 is 0 Å². The van der Waals surface area contributed by atoms with Gasteiger partial charge in [0, 0.05) is 13.1 Å². The molecule has 1 amide bonds. The van der Waals surface area contributed by atoms with E-state index in [9.17, 15) is 4.79 Å². The van der Waals surface area contributed by atoms with Crippen molar-refractivity contribution in [2.45, 2.75) is 31.8 Å². The third-order valence-electron chi connectivity index (χ3n) is 3.97. The highest BCUT2D eigenvalue weighted by Crippen LogP contribution is 2.27. The number of halogens is 2. The van der Waals surface area contributed by atoms with Crippen LogP contribution in [0.2, 0.25) is 0 Å². The fraction of sp³-hybridized carbons (Fsp3) is 0.467. The molecule has 2 atom stereocenters. The highest BCUT2D eigenvalue weighted by atomic mass is 35.5. The van der Waals surface area contributed by atoms with E-state index < -0.39 is 0 Å². The van der Waals surface area contributed by atoms with E-state index in [0.717, 1.165) is 29.8 Å². The molecule has 1 aliphatic carbocycles. The molecule has 1 heterocycles. The number of nitrogens with zero attached hydrogens (tertiary/aromatic N) is 2. The quantitative estimate of drug-likeness (QED) is 0.912. The molecule has 0 bridgehead atoms. The summed E-state index contributed by atoms with van der Waals surface area (Å²) in [7, 11) is 1.85. The molecule has 2 unspecified atom stereocenters. The van der Waals surface area contributed by atoms with Gasteiger partial charge in [-0.2, -0.15) is 0 Å². The molecule has 1 saturated carbocycles. The number of nitrogens with two attached hydrogens (primary N) is 1. The Hall–Kier alpha value is -0.880. The summed E-state index contributed by atoms with van der Waals surface area (Å²) in [6.07, 6.45) is 2.95. The van der Waals surface area contributed by atoms with E-state index in [1.807, 2.05) is 25.2 Å². The second kappa shape index (κ2) is 8.11. The number of aromatic nitrogens is 1. The van der Waals surface area contributed by atoms with Crippen molar-refractivity contribution in [3.63, 3.8) is 0 Å². The molecular weight excluding hydrogens is 341 g/mol. The Morgan fingerprint density at radius 1 is 1.36 bits per heavy atom. The Kier molecular flexibility index (Phi) is 7.06. The van der Waals surface area contributed by atoms with Gasteiger partial charge in [0.2, 0.25) is 5.91 Å². The van der Waals surface area contributed by atoms with Gasteiger partial charge in [-0.15, -0.1) is 36.2 Å². The van der Waals surface area contributed by atoms with Gasteiger partial charge in [0.05, 0.1) is 22.7 Å². The van der Waals surface area contributed by atoms with Gasteiger partial charge in [-0.25, -0.2) is 4.98 Å². The van der Waals surface area contributed by atoms with E-state index in [4.69, 9.17) is 5.73 Å². The van der Waals surface area contributed by atoms with Gasteiger partial charge in [0.1, 0.15) is 5.01 Å². The van der Waals surface area contributed by atoms with E-state index in [1.54, 1.807) is 16.2 Å². The standard InChI is InChI=1S/C15H19N3OS.2ClH/c1-18(15(19)10-5-4-6-11(10)16)9-14-17-12-7-2-3-8-13(12)20-14;;/h2-3,7-8,10-11H,4-6,9,16H2,1H3;2*1H. The fourth-order valence-corrected chi connectivity index (χ4v) is 3.87. The topological polar surface area (TPSA) is 59.2 Å².